The minimum atomic E-state index is -3.80. The Morgan fingerprint density at radius 1 is 1.27 bits per heavy atom. The lowest BCUT2D eigenvalue weighted by Crippen LogP contribution is -2.41. The molecular formula is C18H17NO5S2. The maximum atomic E-state index is 12.7. The van der Waals surface area contributed by atoms with Gasteiger partial charge in [0.15, 0.2) is 5.60 Å². The van der Waals surface area contributed by atoms with Gasteiger partial charge in [-0.25, -0.2) is 13.1 Å². The van der Waals surface area contributed by atoms with Crippen LogP contribution in [0.1, 0.15) is 16.9 Å². The highest BCUT2D eigenvalue weighted by atomic mass is 32.2. The first-order valence-corrected chi connectivity index (χ1v) is 10.5. The van der Waals surface area contributed by atoms with Crippen LogP contribution in [0.3, 0.4) is 0 Å². The van der Waals surface area contributed by atoms with E-state index in [1.807, 2.05) is 5.38 Å². The monoisotopic (exact) mass is 391 g/mol. The molecule has 1 aliphatic rings. The third kappa shape index (κ3) is 3.05. The Morgan fingerprint density at radius 2 is 2.15 bits per heavy atom. The van der Waals surface area contributed by atoms with Crippen molar-refractivity contribution in [2.45, 2.75) is 16.9 Å². The van der Waals surface area contributed by atoms with Crippen molar-refractivity contribution >= 4 is 21.4 Å². The molecule has 0 fully saturated rings. The molecule has 0 amide bonds. The van der Waals surface area contributed by atoms with Crippen LogP contribution in [-0.4, -0.2) is 26.7 Å². The van der Waals surface area contributed by atoms with Crippen LogP contribution in [-0.2, 0) is 22.0 Å². The zero-order valence-corrected chi connectivity index (χ0v) is 15.3. The molecule has 1 atom stereocenters. The SMILES string of the molecule is O=S(=O)(NC[C@@](O)(c1ccsc1)c1ccco1)c1ccc2c(c1)CCO2. The first kappa shape index (κ1) is 17.3. The molecule has 0 bridgehead atoms. The predicted octanol–water partition coefficient (Wildman–Crippen LogP) is 2.49. The molecule has 0 spiro atoms. The second-order valence-electron chi connectivity index (χ2n) is 6.04. The van der Waals surface area contributed by atoms with Crippen LogP contribution in [0.2, 0.25) is 0 Å². The van der Waals surface area contributed by atoms with Crippen molar-refractivity contribution in [2.24, 2.45) is 0 Å². The summed E-state index contributed by atoms with van der Waals surface area (Å²) in [6.45, 7) is 0.315. The summed E-state index contributed by atoms with van der Waals surface area (Å²) in [5, 5.41) is 14.7. The highest BCUT2D eigenvalue weighted by molar-refractivity contribution is 7.89. The van der Waals surface area contributed by atoms with Crippen LogP contribution < -0.4 is 9.46 Å². The fraction of sp³-hybridized carbons (Fsp3) is 0.222. The molecule has 3 aromatic rings. The smallest absolute Gasteiger partial charge is 0.240 e. The Bertz CT molecular complexity index is 960. The van der Waals surface area contributed by atoms with Gasteiger partial charge in [-0.15, -0.1) is 0 Å². The van der Waals surface area contributed by atoms with Gasteiger partial charge >= 0.3 is 0 Å². The second kappa shape index (κ2) is 6.55. The first-order chi connectivity index (χ1) is 12.5. The number of hydrogen-bond acceptors (Lipinski definition) is 6. The van der Waals surface area contributed by atoms with Crippen molar-refractivity contribution in [1.82, 2.24) is 4.72 Å². The zero-order valence-electron chi connectivity index (χ0n) is 13.7. The van der Waals surface area contributed by atoms with E-state index in [1.54, 1.807) is 35.7 Å². The molecule has 2 N–H and O–H groups in total. The maximum Gasteiger partial charge on any atom is 0.240 e. The Kier molecular flexibility index (Phi) is 4.36. The standard InChI is InChI=1S/C18H17NO5S2/c20-18(14-6-9-25-11-14,17-2-1-7-24-17)12-19-26(21,22)15-3-4-16-13(10-15)5-8-23-16/h1-4,6-7,9-11,19-20H,5,8,12H2/t18-/m1/s1. The minimum absolute atomic E-state index is 0.147. The molecule has 2 aromatic heterocycles. The number of sulfonamides is 1. The number of ether oxygens (including phenoxy) is 1. The number of nitrogens with one attached hydrogen (secondary N) is 1. The van der Waals surface area contributed by atoms with Crippen LogP contribution in [0.4, 0.5) is 0 Å². The van der Waals surface area contributed by atoms with Gasteiger partial charge in [-0.2, -0.15) is 11.3 Å². The van der Waals surface area contributed by atoms with Gasteiger partial charge in [-0.1, -0.05) is 0 Å². The topological polar surface area (TPSA) is 88.8 Å². The van der Waals surface area contributed by atoms with E-state index in [1.165, 1.54) is 23.7 Å². The van der Waals surface area contributed by atoms with Crippen molar-refractivity contribution in [2.75, 3.05) is 13.2 Å². The molecule has 0 saturated heterocycles. The largest absolute Gasteiger partial charge is 0.493 e. The number of fused-ring (bicyclic) bond motifs is 1. The average molecular weight is 391 g/mol. The lowest BCUT2D eigenvalue weighted by Gasteiger charge is -2.25. The highest BCUT2D eigenvalue weighted by Crippen LogP contribution is 2.32. The quantitative estimate of drug-likeness (QED) is 0.674. The summed E-state index contributed by atoms with van der Waals surface area (Å²) >= 11 is 1.41. The van der Waals surface area contributed by atoms with E-state index in [2.05, 4.69) is 4.72 Å². The van der Waals surface area contributed by atoms with Gasteiger partial charge in [0.05, 0.1) is 24.3 Å². The number of hydrogen-bond donors (Lipinski definition) is 2. The van der Waals surface area contributed by atoms with Crippen LogP contribution in [0.15, 0.2) is 62.7 Å². The molecule has 1 aromatic carbocycles. The molecule has 26 heavy (non-hydrogen) atoms. The highest BCUT2D eigenvalue weighted by Gasteiger charge is 2.36. The maximum absolute atomic E-state index is 12.7. The fourth-order valence-corrected chi connectivity index (χ4v) is 4.79. The third-order valence-corrected chi connectivity index (χ3v) is 6.50. The number of thiophene rings is 1. The van der Waals surface area contributed by atoms with E-state index >= 15 is 0 Å². The van der Waals surface area contributed by atoms with E-state index in [9.17, 15) is 13.5 Å². The molecule has 0 aliphatic carbocycles. The van der Waals surface area contributed by atoms with Gasteiger partial charge in [-0.3, -0.25) is 0 Å². The first-order valence-electron chi connectivity index (χ1n) is 8.03. The molecular weight excluding hydrogens is 374 g/mol. The molecule has 8 heteroatoms. The van der Waals surface area contributed by atoms with Crippen molar-refractivity contribution < 1.29 is 22.7 Å². The van der Waals surface area contributed by atoms with Gasteiger partial charge in [-0.05, 0) is 52.7 Å². The molecule has 4 rings (SSSR count). The van der Waals surface area contributed by atoms with Gasteiger partial charge in [0.1, 0.15) is 11.5 Å². The summed E-state index contributed by atoms with van der Waals surface area (Å²) in [5.41, 5.74) is -0.148. The summed E-state index contributed by atoms with van der Waals surface area (Å²) in [4.78, 5) is 0.147. The van der Waals surface area contributed by atoms with E-state index in [0.29, 0.717) is 24.3 Å². The lowest BCUT2D eigenvalue weighted by molar-refractivity contribution is 0.0623. The molecule has 6 nitrogen and oxygen atoms in total. The molecule has 0 unspecified atom stereocenters. The number of aliphatic hydroxyl groups is 1. The van der Waals surface area contributed by atoms with E-state index in [0.717, 1.165) is 5.56 Å². The summed E-state index contributed by atoms with van der Waals surface area (Å²) in [6.07, 6.45) is 2.13. The lowest BCUT2D eigenvalue weighted by atomic mass is 9.94. The molecule has 1 aliphatic heterocycles. The Morgan fingerprint density at radius 3 is 2.88 bits per heavy atom. The van der Waals surface area contributed by atoms with Crippen molar-refractivity contribution in [3.05, 3.63) is 70.3 Å². The predicted molar refractivity (Wildman–Crippen MR) is 96.9 cm³/mol. The summed E-state index contributed by atoms with van der Waals surface area (Å²) in [5.74, 6) is 0.996. The van der Waals surface area contributed by atoms with Crippen LogP contribution in [0.25, 0.3) is 0 Å². The minimum Gasteiger partial charge on any atom is -0.493 e. The van der Waals surface area contributed by atoms with Gasteiger partial charge in [0, 0.05) is 12.0 Å². The van der Waals surface area contributed by atoms with E-state index in [-0.39, 0.29) is 17.2 Å². The van der Waals surface area contributed by atoms with Crippen LogP contribution in [0.5, 0.6) is 5.75 Å². The van der Waals surface area contributed by atoms with Gasteiger partial charge in [0.2, 0.25) is 10.0 Å². The number of benzene rings is 1. The molecule has 0 radical (unpaired) electrons. The van der Waals surface area contributed by atoms with Crippen LogP contribution >= 0.6 is 11.3 Å². The number of rotatable bonds is 6. The van der Waals surface area contributed by atoms with E-state index < -0.39 is 15.6 Å². The van der Waals surface area contributed by atoms with Crippen molar-refractivity contribution in [1.29, 1.82) is 0 Å². The summed E-state index contributed by atoms with van der Waals surface area (Å²) in [7, 11) is -3.80. The van der Waals surface area contributed by atoms with Crippen molar-refractivity contribution in [3.8, 4) is 5.75 Å². The Balaban J connectivity index is 1.61. The fourth-order valence-electron chi connectivity index (χ4n) is 2.96. The molecule has 0 saturated carbocycles. The summed E-state index contributed by atoms with van der Waals surface area (Å²) < 4.78 is 38.7. The van der Waals surface area contributed by atoms with Crippen LogP contribution in [0, 0.1) is 0 Å². The average Bonchev–Trinajstić information content (AvgIpc) is 3.41. The van der Waals surface area contributed by atoms with E-state index in [4.69, 9.17) is 9.15 Å². The second-order valence-corrected chi connectivity index (χ2v) is 8.59. The number of furan rings is 1. The molecule has 136 valence electrons. The van der Waals surface area contributed by atoms with Gasteiger partial charge in [0.25, 0.3) is 0 Å². The Labute approximate surface area is 155 Å². The van der Waals surface area contributed by atoms with Gasteiger partial charge < -0.3 is 14.3 Å². The normalized spacial score (nSPS) is 16.0. The third-order valence-electron chi connectivity index (χ3n) is 4.42. The molecule has 3 heterocycles. The Hall–Kier alpha value is -2.13. The summed E-state index contributed by atoms with van der Waals surface area (Å²) in [6, 6.07) is 9.80. The van der Waals surface area contributed by atoms with Crippen molar-refractivity contribution in [3.63, 3.8) is 0 Å². The zero-order chi connectivity index (χ0) is 18.2.